The molecular weight excluding hydrogens is 284 g/mol. The largest absolute Gasteiger partial charge is 0.481 e. The van der Waals surface area contributed by atoms with E-state index in [1.807, 2.05) is 0 Å². The smallest absolute Gasteiger partial charge is 0.304 e. The Balaban J connectivity index is 1.79. The van der Waals surface area contributed by atoms with Gasteiger partial charge in [-0.15, -0.1) is 0 Å². The van der Waals surface area contributed by atoms with Gasteiger partial charge in [-0.3, -0.25) is 4.79 Å². The normalized spacial score (nSPS) is 26.7. The lowest BCUT2D eigenvalue weighted by Crippen LogP contribution is -2.26. The van der Waals surface area contributed by atoms with Crippen molar-refractivity contribution in [1.29, 1.82) is 0 Å². The van der Waals surface area contributed by atoms with Gasteiger partial charge < -0.3 is 5.11 Å². The van der Waals surface area contributed by atoms with Crippen LogP contribution in [-0.2, 0) is 10.2 Å². The number of carboxylic acid groups (broad SMARTS) is 1. The molecule has 0 aromatic heterocycles. The van der Waals surface area contributed by atoms with Crippen LogP contribution >= 0.6 is 0 Å². The van der Waals surface area contributed by atoms with E-state index in [1.54, 1.807) is 0 Å². The Morgan fingerprint density at radius 2 is 1.74 bits per heavy atom. The van der Waals surface area contributed by atoms with Crippen molar-refractivity contribution in [3.05, 3.63) is 35.4 Å². The molecule has 0 atom stereocenters. The van der Waals surface area contributed by atoms with Crippen molar-refractivity contribution in [2.45, 2.75) is 77.0 Å². The van der Waals surface area contributed by atoms with Gasteiger partial charge in [-0.25, -0.2) is 0 Å². The predicted octanol–water partition coefficient (Wildman–Crippen LogP) is 5.51. The first-order chi connectivity index (χ1) is 10.8. The zero-order valence-corrected chi connectivity index (χ0v) is 14.8. The standard InChI is InChI=1S/C21H30O2/c1-20(2,3)16-10-8-15(9-11-16)17-6-4-5-7-18(17)21(12-13-21)14-19(22)23/h4-7,15-16H,8-14H2,1-3H3,(H,22,23). The average Bonchev–Trinajstić information content (AvgIpc) is 3.26. The molecule has 2 saturated carbocycles. The topological polar surface area (TPSA) is 37.3 Å². The minimum absolute atomic E-state index is 0.0662. The van der Waals surface area contributed by atoms with E-state index >= 15 is 0 Å². The van der Waals surface area contributed by atoms with Crippen molar-refractivity contribution >= 4 is 5.97 Å². The highest BCUT2D eigenvalue weighted by Gasteiger charge is 2.47. The molecule has 0 unspecified atom stereocenters. The van der Waals surface area contributed by atoms with Crippen LogP contribution < -0.4 is 0 Å². The fourth-order valence-corrected chi connectivity index (χ4v) is 4.59. The van der Waals surface area contributed by atoms with Crippen molar-refractivity contribution in [3.8, 4) is 0 Å². The first-order valence-corrected chi connectivity index (χ1v) is 9.13. The van der Waals surface area contributed by atoms with Gasteiger partial charge in [0.2, 0.25) is 0 Å². The number of aliphatic carboxylic acids is 1. The summed E-state index contributed by atoms with van der Waals surface area (Å²) in [6, 6.07) is 8.67. The van der Waals surface area contributed by atoms with Crippen LogP contribution in [0.25, 0.3) is 0 Å². The Bertz CT molecular complexity index is 570. The zero-order valence-electron chi connectivity index (χ0n) is 14.8. The van der Waals surface area contributed by atoms with E-state index in [-0.39, 0.29) is 5.41 Å². The molecule has 2 nitrogen and oxygen atoms in total. The van der Waals surface area contributed by atoms with Crippen molar-refractivity contribution in [1.82, 2.24) is 0 Å². The third kappa shape index (κ3) is 3.46. The minimum Gasteiger partial charge on any atom is -0.481 e. The molecule has 0 bridgehead atoms. The minimum atomic E-state index is -0.659. The van der Waals surface area contributed by atoms with Gasteiger partial charge in [-0.2, -0.15) is 0 Å². The molecule has 2 aliphatic carbocycles. The van der Waals surface area contributed by atoms with Crippen LogP contribution in [0.5, 0.6) is 0 Å². The van der Waals surface area contributed by atoms with Crippen molar-refractivity contribution in [2.75, 3.05) is 0 Å². The summed E-state index contributed by atoms with van der Waals surface area (Å²) in [5.74, 6) is 0.782. The average molecular weight is 314 g/mol. The molecule has 0 amide bonds. The highest BCUT2D eigenvalue weighted by atomic mass is 16.4. The molecule has 1 N–H and O–H groups in total. The van der Waals surface area contributed by atoms with Gasteiger partial charge in [0.1, 0.15) is 0 Å². The summed E-state index contributed by atoms with van der Waals surface area (Å²) in [5.41, 5.74) is 3.12. The number of rotatable bonds is 4. The van der Waals surface area contributed by atoms with Gasteiger partial charge in [-0.1, -0.05) is 45.0 Å². The van der Waals surface area contributed by atoms with E-state index in [0.29, 0.717) is 17.8 Å². The van der Waals surface area contributed by atoms with Gasteiger partial charge in [0.15, 0.2) is 0 Å². The molecule has 1 aromatic rings. The van der Waals surface area contributed by atoms with Crippen LogP contribution in [-0.4, -0.2) is 11.1 Å². The molecule has 2 aliphatic rings. The zero-order chi connectivity index (χ0) is 16.7. The third-order valence-corrected chi connectivity index (χ3v) is 6.27. The fourth-order valence-electron chi connectivity index (χ4n) is 4.59. The lowest BCUT2D eigenvalue weighted by molar-refractivity contribution is -0.137. The maximum absolute atomic E-state index is 11.3. The molecule has 126 valence electrons. The highest BCUT2D eigenvalue weighted by molar-refractivity contribution is 5.70. The quantitative estimate of drug-likeness (QED) is 0.795. The van der Waals surface area contributed by atoms with Crippen molar-refractivity contribution in [3.63, 3.8) is 0 Å². The Kier molecular flexibility index (Phi) is 4.29. The summed E-state index contributed by atoms with van der Waals surface area (Å²) in [6.07, 6.45) is 7.47. The van der Waals surface area contributed by atoms with E-state index < -0.39 is 5.97 Å². The molecule has 0 spiro atoms. The monoisotopic (exact) mass is 314 g/mol. The van der Waals surface area contributed by atoms with Crippen LogP contribution in [0.3, 0.4) is 0 Å². The van der Waals surface area contributed by atoms with Gasteiger partial charge in [-0.05, 0) is 66.9 Å². The third-order valence-electron chi connectivity index (χ3n) is 6.27. The number of benzene rings is 1. The van der Waals surface area contributed by atoms with Crippen molar-refractivity contribution in [2.24, 2.45) is 11.3 Å². The Hall–Kier alpha value is -1.31. The van der Waals surface area contributed by atoms with Crippen LogP contribution in [0, 0.1) is 11.3 Å². The molecular formula is C21H30O2. The summed E-state index contributed by atoms with van der Waals surface area (Å²) >= 11 is 0. The second kappa shape index (κ2) is 5.96. The Morgan fingerprint density at radius 3 is 2.26 bits per heavy atom. The van der Waals surface area contributed by atoms with E-state index in [1.165, 1.54) is 36.8 Å². The molecule has 0 heterocycles. The maximum Gasteiger partial charge on any atom is 0.304 e. The fraction of sp³-hybridized carbons (Fsp3) is 0.667. The number of hydrogen-bond donors (Lipinski definition) is 1. The summed E-state index contributed by atoms with van der Waals surface area (Å²) in [7, 11) is 0. The first kappa shape index (κ1) is 16.5. The summed E-state index contributed by atoms with van der Waals surface area (Å²) < 4.78 is 0. The molecule has 2 fully saturated rings. The molecule has 23 heavy (non-hydrogen) atoms. The van der Waals surface area contributed by atoms with Crippen LogP contribution in [0.2, 0.25) is 0 Å². The Morgan fingerprint density at radius 1 is 1.13 bits per heavy atom. The van der Waals surface area contributed by atoms with Gasteiger partial charge in [0.25, 0.3) is 0 Å². The highest BCUT2D eigenvalue weighted by Crippen LogP contribution is 2.54. The van der Waals surface area contributed by atoms with Crippen LogP contribution in [0.4, 0.5) is 0 Å². The summed E-state index contributed by atoms with van der Waals surface area (Å²) in [4.78, 5) is 11.3. The summed E-state index contributed by atoms with van der Waals surface area (Å²) in [5, 5.41) is 9.28. The molecule has 0 saturated heterocycles. The maximum atomic E-state index is 11.3. The van der Waals surface area contributed by atoms with E-state index in [2.05, 4.69) is 45.0 Å². The second-order valence-corrected chi connectivity index (χ2v) is 8.85. The van der Waals surface area contributed by atoms with Gasteiger partial charge in [0.05, 0.1) is 6.42 Å². The molecule has 2 heteroatoms. The van der Waals surface area contributed by atoms with Gasteiger partial charge in [0, 0.05) is 5.41 Å². The number of carbonyl (C=O) groups is 1. The van der Waals surface area contributed by atoms with E-state index in [0.717, 1.165) is 18.8 Å². The molecule has 0 aliphatic heterocycles. The van der Waals surface area contributed by atoms with Crippen LogP contribution in [0.1, 0.15) is 82.8 Å². The van der Waals surface area contributed by atoms with E-state index in [9.17, 15) is 9.90 Å². The Labute approximate surface area is 140 Å². The van der Waals surface area contributed by atoms with Gasteiger partial charge >= 0.3 is 5.97 Å². The molecule has 1 aromatic carbocycles. The van der Waals surface area contributed by atoms with Crippen molar-refractivity contribution < 1.29 is 9.90 Å². The first-order valence-electron chi connectivity index (χ1n) is 9.13. The van der Waals surface area contributed by atoms with E-state index in [4.69, 9.17) is 0 Å². The molecule has 0 radical (unpaired) electrons. The summed E-state index contributed by atoms with van der Waals surface area (Å²) in [6.45, 7) is 7.08. The lowest BCUT2D eigenvalue weighted by Gasteiger charge is -2.38. The predicted molar refractivity (Wildman–Crippen MR) is 93.8 cm³/mol. The SMILES string of the molecule is CC(C)(C)C1CCC(c2ccccc2C2(CC(=O)O)CC2)CC1. The lowest BCUT2D eigenvalue weighted by atomic mass is 9.67. The van der Waals surface area contributed by atoms with Crippen LogP contribution in [0.15, 0.2) is 24.3 Å². The second-order valence-electron chi connectivity index (χ2n) is 8.85. The number of carboxylic acids is 1. The molecule has 3 rings (SSSR count). The number of hydrogen-bond acceptors (Lipinski definition) is 1.